The third-order valence-electron chi connectivity index (χ3n) is 3.40. The molecule has 0 atom stereocenters. The highest BCUT2D eigenvalue weighted by molar-refractivity contribution is 5.59. The molecule has 1 saturated heterocycles. The van der Waals surface area contributed by atoms with Gasteiger partial charge >= 0.3 is 0 Å². The van der Waals surface area contributed by atoms with Gasteiger partial charge in [0.1, 0.15) is 0 Å². The van der Waals surface area contributed by atoms with E-state index in [-0.39, 0.29) is 0 Å². The number of aromatic nitrogens is 2. The summed E-state index contributed by atoms with van der Waals surface area (Å²) in [6.07, 6.45) is 4.07. The number of nitrogens with one attached hydrogen (secondary N) is 2. The fourth-order valence-corrected chi connectivity index (χ4v) is 2.35. The molecule has 1 aliphatic rings. The topological polar surface area (TPSA) is 49.8 Å². The lowest BCUT2D eigenvalue weighted by Crippen LogP contribution is -2.35. The summed E-state index contributed by atoms with van der Waals surface area (Å²) in [4.78, 5) is 8.91. The van der Waals surface area contributed by atoms with E-state index in [1.165, 1.54) is 0 Å². The fourth-order valence-electron chi connectivity index (χ4n) is 2.35. The summed E-state index contributed by atoms with van der Waals surface area (Å²) in [5.74, 6) is 0.730. The number of nitrogens with zero attached hydrogens (tertiary/aromatic N) is 2. The summed E-state index contributed by atoms with van der Waals surface area (Å²) in [7, 11) is 0. The molecular weight excluding hydrogens is 236 g/mol. The van der Waals surface area contributed by atoms with Gasteiger partial charge in [-0.15, -0.1) is 0 Å². The number of benzene rings is 1. The van der Waals surface area contributed by atoms with Crippen LogP contribution in [0.5, 0.6) is 0 Å². The molecule has 2 N–H and O–H groups in total. The summed E-state index contributed by atoms with van der Waals surface area (Å²) < 4.78 is 0. The van der Waals surface area contributed by atoms with Gasteiger partial charge in [0, 0.05) is 17.8 Å². The average Bonchev–Trinajstić information content (AvgIpc) is 2.49. The molecule has 2 aromatic rings. The van der Waals surface area contributed by atoms with E-state index in [2.05, 4.69) is 32.7 Å². The molecule has 1 aromatic carbocycles. The van der Waals surface area contributed by atoms with Crippen molar-refractivity contribution in [3.05, 3.63) is 42.6 Å². The third kappa shape index (κ3) is 3.09. The van der Waals surface area contributed by atoms with Gasteiger partial charge in [0.05, 0.1) is 5.69 Å². The van der Waals surface area contributed by atoms with Crippen LogP contribution < -0.4 is 10.6 Å². The van der Waals surface area contributed by atoms with Crippen LogP contribution >= 0.6 is 0 Å². The predicted molar refractivity (Wildman–Crippen MR) is 77.0 cm³/mol. The Morgan fingerprint density at radius 1 is 1.05 bits per heavy atom. The lowest BCUT2D eigenvalue weighted by atomic mass is 10.1. The monoisotopic (exact) mass is 254 g/mol. The van der Waals surface area contributed by atoms with Gasteiger partial charge in [-0.25, -0.2) is 9.97 Å². The van der Waals surface area contributed by atoms with E-state index in [0.717, 1.165) is 43.1 Å². The maximum atomic E-state index is 4.59. The van der Waals surface area contributed by atoms with Crippen LogP contribution in [-0.2, 0) is 0 Å². The molecule has 0 spiro atoms. The van der Waals surface area contributed by atoms with Crippen LogP contribution in [0.4, 0.5) is 5.95 Å². The van der Waals surface area contributed by atoms with Gasteiger partial charge in [0.2, 0.25) is 5.95 Å². The number of hydrogen-bond donors (Lipinski definition) is 2. The van der Waals surface area contributed by atoms with Crippen LogP contribution in [0.15, 0.2) is 42.6 Å². The molecule has 4 nitrogen and oxygen atoms in total. The molecule has 0 bridgehead atoms. The second-order valence-corrected chi connectivity index (χ2v) is 4.80. The first kappa shape index (κ1) is 12.1. The first-order valence-electron chi connectivity index (χ1n) is 6.77. The molecule has 1 aromatic heterocycles. The Kier molecular flexibility index (Phi) is 3.70. The van der Waals surface area contributed by atoms with Gasteiger partial charge in [0.15, 0.2) is 0 Å². The minimum atomic E-state index is 0.479. The molecule has 0 amide bonds. The van der Waals surface area contributed by atoms with Crippen LogP contribution in [0.1, 0.15) is 12.8 Å². The molecule has 4 heteroatoms. The first-order valence-corrected chi connectivity index (χ1v) is 6.77. The summed E-state index contributed by atoms with van der Waals surface area (Å²) in [6, 6.07) is 12.6. The van der Waals surface area contributed by atoms with Crippen molar-refractivity contribution in [2.75, 3.05) is 18.4 Å². The summed E-state index contributed by atoms with van der Waals surface area (Å²) >= 11 is 0. The molecule has 0 aliphatic carbocycles. The Balaban J connectivity index is 1.76. The van der Waals surface area contributed by atoms with Crippen LogP contribution in [-0.4, -0.2) is 29.1 Å². The zero-order chi connectivity index (χ0) is 12.9. The zero-order valence-electron chi connectivity index (χ0n) is 10.8. The highest BCUT2D eigenvalue weighted by Gasteiger charge is 2.13. The van der Waals surface area contributed by atoms with E-state index in [1.807, 2.05) is 30.5 Å². The molecule has 0 saturated carbocycles. The molecule has 1 aliphatic heterocycles. The van der Waals surface area contributed by atoms with Crippen LogP contribution in [0.25, 0.3) is 11.3 Å². The normalized spacial score (nSPS) is 16.2. The number of rotatable bonds is 3. The van der Waals surface area contributed by atoms with Crippen molar-refractivity contribution in [3.8, 4) is 11.3 Å². The quantitative estimate of drug-likeness (QED) is 0.882. The summed E-state index contributed by atoms with van der Waals surface area (Å²) in [6.45, 7) is 2.13. The van der Waals surface area contributed by atoms with Crippen LogP contribution in [0, 0.1) is 0 Å². The second-order valence-electron chi connectivity index (χ2n) is 4.80. The van der Waals surface area contributed by atoms with Gasteiger partial charge in [-0.2, -0.15) is 0 Å². The zero-order valence-corrected chi connectivity index (χ0v) is 10.8. The Hall–Kier alpha value is -1.94. The van der Waals surface area contributed by atoms with Gasteiger partial charge in [-0.05, 0) is 32.0 Å². The van der Waals surface area contributed by atoms with Crippen molar-refractivity contribution in [3.63, 3.8) is 0 Å². The van der Waals surface area contributed by atoms with Crippen LogP contribution in [0.2, 0.25) is 0 Å². The lowest BCUT2D eigenvalue weighted by molar-refractivity contribution is 0.477. The van der Waals surface area contributed by atoms with Crippen LogP contribution in [0.3, 0.4) is 0 Å². The van der Waals surface area contributed by atoms with E-state index in [1.54, 1.807) is 0 Å². The minimum Gasteiger partial charge on any atom is -0.351 e. The largest absolute Gasteiger partial charge is 0.351 e. The Morgan fingerprint density at radius 2 is 1.84 bits per heavy atom. The average molecular weight is 254 g/mol. The standard InChI is InChI=1S/C15H18N4/c1-2-4-12(5-3-1)14-8-11-17-15(19-14)18-13-6-9-16-10-7-13/h1-5,8,11,13,16H,6-7,9-10H2,(H,17,18,19). The molecule has 0 radical (unpaired) electrons. The molecular formula is C15H18N4. The Bertz CT molecular complexity index is 521. The van der Waals surface area contributed by atoms with Crippen molar-refractivity contribution < 1.29 is 0 Å². The molecule has 3 rings (SSSR count). The fraction of sp³-hybridized carbons (Fsp3) is 0.333. The second kappa shape index (κ2) is 5.80. The van der Waals surface area contributed by atoms with E-state index in [9.17, 15) is 0 Å². The first-order chi connectivity index (χ1) is 9.42. The van der Waals surface area contributed by atoms with Crippen molar-refractivity contribution in [1.82, 2.24) is 15.3 Å². The van der Waals surface area contributed by atoms with Crippen molar-refractivity contribution in [2.24, 2.45) is 0 Å². The SMILES string of the molecule is c1ccc(-c2ccnc(NC3CCNCC3)n2)cc1. The van der Waals surface area contributed by atoms with Gasteiger partial charge < -0.3 is 10.6 Å². The molecule has 2 heterocycles. The van der Waals surface area contributed by atoms with E-state index < -0.39 is 0 Å². The number of anilines is 1. The summed E-state index contributed by atoms with van der Waals surface area (Å²) in [5.41, 5.74) is 2.09. The molecule has 1 fully saturated rings. The minimum absolute atomic E-state index is 0.479. The number of piperidine rings is 1. The van der Waals surface area contributed by atoms with Crippen molar-refractivity contribution in [1.29, 1.82) is 0 Å². The third-order valence-corrected chi connectivity index (χ3v) is 3.40. The lowest BCUT2D eigenvalue weighted by Gasteiger charge is -2.23. The predicted octanol–water partition coefficient (Wildman–Crippen LogP) is 2.31. The highest BCUT2D eigenvalue weighted by atomic mass is 15.1. The van der Waals surface area contributed by atoms with Crippen molar-refractivity contribution >= 4 is 5.95 Å². The van der Waals surface area contributed by atoms with Gasteiger partial charge in [0.25, 0.3) is 0 Å². The Labute approximate surface area is 113 Å². The van der Waals surface area contributed by atoms with E-state index in [4.69, 9.17) is 0 Å². The van der Waals surface area contributed by atoms with Gasteiger partial charge in [-0.1, -0.05) is 30.3 Å². The molecule has 98 valence electrons. The van der Waals surface area contributed by atoms with E-state index in [0.29, 0.717) is 6.04 Å². The van der Waals surface area contributed by atoms with E-state index >= 15 is 0 Å². The maximum Gasteiger partial charge on any atom is 0.223 e. The van der Waals surface area contributed by atoms with Crippen molar-refractivity contribution in [2.45, 2.75) is 18.9 Å². The molecule has 19 heavy (non-hydrogen) atoms. The highest BCUT2D eigenvalue weighted by Crippen LogP contribution is 2.17. The maximum absolute atomic E-state index is 4.59. The smallest absolute Gasteiger partial charge is 0.223 e. The molecule has 0 unspecified atom stereocenters. The van der Waals surface area contributed by atoms with Gasteiger partial charge in [-0.3, -0.25) is 0 Å². The Morgan fingerprint density at radius 3 is 2.63 bits per heavy atom. The summed E-state index contributed by atoms with van der Waals surface area (Å²) in [5, 5.41) is 6.79. The number of hydrogen-bond acceptors (Lipinski definition) is 4.